The SMILES string of the molecule is O=C(CSc1nnc(Nc2cccc(Cl)c2)s1)Nc1cccc(F)c1. The number of thioether (sulfide) groups is 1. The fourth-order valence-corrected chi connectivity index (χ4v) is 3.66. The third-order valence-electron chi connectivity index (χ3n) is 2.92. The maximum atomic E-state index is 13.1. The summed E-state index contributed by atoms with van der Waals surface area (Å²) in [6.45, 7) is 0. The highest BCUT2D eigenvalue weighted by molar-refractivity contribution is 8.01. The second-order valence-corrected chi connectivity index (χ2v) is 7.49. The van der Waals surface area contributed by atoms with Crippen LogP contribution in [0.5, 0.6) is 0 Å². The number of hydrogen-bond donors (Lipinski definition) is 2. The third kappa shape index (κ3) is 5.42. The van der Waals surface area contributed by atoms with E-state index in [-0.39, 0.29) is 11.7 Å². The van der Waals surface area contributed by atoms with Crippen molar-refractivity contribution < 1.29 is 9.18 Å². The van der Waals surface area contributed by atoms with Crippen LogP contribution in [-0.2, 0) is 4.79 Å². The van der Waals surface area contributed by atoms with Gasteiger partial charge in [-0.15, -0.1) is 10.2 Å². The zero-order valence-electron chi connectivity index (χ0n) is 12.7. The Morgan fingerprint density at radius 2 is 1.96 bits per heavy atom. The van der Waals surface area contributed by atoms with Gasteiger partial charge < -0.3 is 10.6 Å². The molecule has 1 amide bonds. The van der Waals surface area contributed by atoms with Gasteiger partial charge in [-0.1, -0.05) is 46.8 Å². The number of anilines is 3. The molecule has 0 saturated heterocycles. The summed E-state index contributed by atoms with van der Waals surface area (Å²) in [6.07, 6.45) is 0. The molecule has 2 aromatic carbocycles. The second kappa shape index (κ2) is 8.28. The van der Waals surface area contributed by atoms with Crippen LogP contribution in [0.2, 0.25) is 5.02 Å². The van der Waals surface area contributed by atoms with E-state index in [4.69, 9.17) is 11.6 Å². The van der Waals surface area contributed by atoms with Crippen molar-refractivity contribution in [2.75, 3.05) is 16.4 Å². The molecule has 0 aliphatic carbocycles. The minimum atomic E-state index is -0.397. The van der Waals surface area contributed by atoms with Crippen molar-refractivity contribution in [2.24, 2.45) is 0 Å². The molecule has 5 nitrogen and oxygen atoms in total. The highest BCUT2D eigenvalue weighted by Crippen LogP contribution is 2.28. The summed E-state index contributed by atoms with van der Waals surface area (Å²) in [5.41, 5.74) is 1.23. The first-order valence-electron chi connectivity index (χ1n) is 7.13. The number of carbonyl (C=O) groups is 1. The van der Waals surface area contributed by atoms with Gasteiger partial charge in [-0.2, -0.15) is 0 Å². The third-order valence-corrected chi connectivity index (χ3v) is 5.12. The van der Waals surface area contributed by atoms with E-state index in [1.165, 1.54) is 41.3 Å². The Morgan fingerprint density at radius 1 is 1.16 bits per heavy atom. The molecule has 0 radical (unpaired) electrons. The summed E-state index contributed by atoms with van der Waals surface area (Å²) in [6, 6.07) is 13.0. The number of halogens is 2. The van der Waals surface area contributed by atoms with Crippen molar-refractivity contribution in [3.05, 3.63) is 59.4 Å². The van der Waals surface area contributed by atoms with Crippen LogP contribution in [0.1, 0.15) is 0 Å². The van der Waals surface area contributed by atoms with Crippen LogP contribution >= 0.6 is 34.7 Å². The number of hydrogen-bond acceptors (Lipinski definition) is 6. The quantitative estimate of drug-likeness (QED) is 0.587. The van der Waals surface area contributed by atoms with Gasteiger partial charge in [0.1, 0.15) is 5.82 Å². The fourth-order valence-electron chi connectivity index (χ4n) is 1.90. The van der Waals surface area contributed by atoms with Crippen molar-refractivity contribution in [1.29, 1.82) is 0 Å². The summed E-state index contributed by atoms with van der Waals surface area (Å²) in [7, 11) is 0. The molecule has 0 bridgehead atoms. The predicted octanol–water partition coefficient (Wildman–Crippen LogP) is 4.81. The van der Waals surface area contributed by atoms with Gasteiger partial charge in [-0.05, 0) is 36.4 Å². The highest BCUT2D eigenvalue weighted by atomic mass is 35.5. The van der Waals surface area contributed by atoms with E-state index in [0.29, 0.717) is 20.2 Å². The summed E-state index contributed by atoms with van der Waals surface area (Å²) in [4.78, 5) is 11.9. The van der Waals surface area contributed by atoms with Crippen LogP contribution < -0.4 is 10.6 Å². The van der Waals surface area contributed by atoms with Crippen molar-refractivity contribution in [2.45, 2.75) is 4.34 Å². The Labute approximate surface area is 156 Å². The first-order chi connectivity index (χ1) is 12.1. The number of benzene rings is 2. The van der Waals surface area contributed by atoms with Gasteiger partial charge in [-0.25, -0.2) is 4.39 Å². The van der Waals surface area contributed by atoms with Gasteiger partial charge in [0.15, 0.2) is 4.34 Å². The largest absolute Gasteiger partial charge is 0.330 e. The molecule has 0 unspecified atom stereocenters. The molecular formula is C16H12ClFN4OS2. The average molecular weight is 395 g/mol. The summed E-state index contributed by atoms with van der Waals surface area (Å²) in [5, 5.41) is 15.0. The molecule has 3 rings (SSSR count). The maximum absolute atomic E-state index is 13.1. The molecule has 9 heteroatoms. The minimum absolute atomic E-state index is 0.155. The van der Waals surface area contributed by atoms with Gasteiger partial charge in [-0.3, -0.25) is 4.79 Å². The first-order valence-corrected chi connectivity index (χ1v) is 9.31. The topological polar surface area (TPSA) is 66.9 Å². The molecule has 25 heavy (non-hydrogen) atoms. The van der Waals surface area contributed by atoms with Crippen molar-refractivity contribution in [3.8, 4) is 0 Å². The number of rotatable bonds is 6. The Bertz CT molecular complexity index is 890. The lowest BCUT2D eigenvalue weighted by Crippen LogP contribution is -2.13. The molecule has 1 heterocycles. The van der Waals surface area contributed by atoms with Crippen molar-refractivity contribution in [3.63, 3.8) is 0 Å². The van der Waals surface area contributed by atoms with Crippen LogP contribution in [0.25, 0.3) is 0 Å². The molecule has 0 aliphatic rings. The lowest BCUT2D eigenvalue weighted by molar-refractivity contribution is -0.113. The van der Waals surface area contributed by atoms with Crippen LogP contribution in [0.4, 0.5) is 20.9 Å². The van der Waals surface area contributed by atoms with Gasteiger partial charge >= 0.3 is 0 Å². The number of nitrogens with zero attached hydrogens (tertiary/aromatic N) is 2. The highest BCUT2D eigenvalue weighted by Gasteiger charge is 2.09. The monoisotopic (exact) mass is 394 g/mol. The van der Waals surface area contributed by atoms with Gasteiger partial charge in [0.05, 0.1) is 5.75 Å². The molecule has 128 valence electrons. The fraction of sp³-hybridized carbons (Fsp3) is 0.0625. The van der Waals surface area contributed by atoms with Crippen LogP contribution in [0, 0.1) is 5.82 Å². The Kier molecular flexibility index (Phi) is 5.85. The Hall–Kier alpha value is -2.16. The van der Waals surface area contributed by atoms with E-state index < -0.39 is 5.82 Å². The molecular weight excluding hydrogens is 383 g/mol. The molecule has 0 aliphatic heterocycles. The van der Waals surface area contributed by atoms with E-state index in [0.717, 1.165) is 5.69 Å². The second-order valence-electron chi connectivity index (χ2n) is 4.86. The molecule has 2 N–H and O–H groups in total. The van der Waals surface area contributed by atoms with Crippen LogP contribution in [0.3, 0.4) is 0 Å². The lowest BCUT2D eigenvalue weighted by Gasteiger charge is -2.03. The molecule has 0 fully saturated rings. The van der Waals surface area contributed by atoms with Gasteiger partial charge in [0.25, 0.3) is 0 Å². The average Bonchev–Trinajstić information content (AvgIpc) is 3.00. The Morgan fingerprint density at radius 3 is 2.76 bits per heavy atom. The number of nitrogens with one attached hydrogen (secondary N) is 2. The molecule has 1 aromatic heterocycles. The first kappa shape index (κ1) is 17.7. The van der Waals surface area contributed by atoms with Crippen molar-refractivity contribution >= 4 is 57.1 Å². The molecule has 0 saturated carbocycles. The smallest absolute Gasteiger partial charge is 0.234 e. The molecule has 0 spiro atoms. The standard InChI is InChI=1S/C16H12ClFN4OS2/c17-10-3-1-5-12(7-10)20-15-21-22-16(25-15)24-9-14(23)19-13-6-2-4-11(18)8-13/h1-8H,9H2,(H,19,23)(H,20,21). The normalized spacial score (nSPS) is 10.5. The predicted molar refractivity (Wildman–Crippen MR) is 100 cm³/mol. The minimum Gasteiger partial charge on any atom is -0.330 e. The zero-order chi connectivity index (χ0) is 17.6. The zero-order valence-corrected chi connectivity index (χ0v) is 15.1. The van der Waals surface area contributed by atoms with E-state index in [1.807, 2.05) is 12.1 Å². The number of aromatic nitrogens is 2. The van der Waals surface area contributed by atoms with Gasteiger partial charge in [0, 0.05) is 16.4 Å². The van der Waals surface area contributed by atoms with Gasteiger partial charge in [0.2, 0.25) is 11.0 Å². The molecule has 3 aromatic rings. The van der Waals surface area contributed by atoms with E-state index in [2.05, 4.69) is 20.8 Å². The number of amides is 1. The summed E-state index contributed by atoms with van der Waals surface area (Å²) >= 11 is 8.52. The number of carbonyl (C=O) groups excluding carboxylic acids is 1. The summed E-state index contributed by atoms with van der Waals surface area (Å²) < 4.78 is 13.7. The van der Waals surface area contributed by atoms with E-state index in [1.54, 1.807) is 18.2 Å². The van der Waals surface area contributed by atoms with Crippen LogP contribution in [0.15, 0.2) is 52.9 Å². The summed E-state index contributed by atoms with van der Waals surface area (Å²) in [5.74, 6) is -0.482. The lowest BCUT2D eigenvalue weighted by atomic mass is 10.3. The van der Waals surface area contributed by atoms with E-state index in [9.17, 15) is 9.18 Å². The molecule has 0 atom stereocenters. The Balaban J connectivity index is 1.52. The van der Waals surface area contributed by atoms with E-state index >= 15 is 0 Å². The van der Waals surface area contributed by atoms with Crippen LogP contribution in [-0.4, -0.2) is 21.9 Å². The van der Waals surface area contributed by atoms with Crippen molar-refractivity contribution in [1.82, 2.24) is 10.2 Å². The maximum Gasteiger partial charge on any atom is 0.234 e.